The van der Waals surface area contributed by atoms with Gasteiger partial charge in [-0.15, -0.1) is 0 Å². The zero-order valence-corrected chi connectivity index (χ0v) is 19.0. The molecule has 2 aromatic carbocycles. The average Bonchev–Trinajstić information content (AvgIpc) is 2.76. The molecule has 0 aliphatic carbocycles. The molecule has 2 amide bonds. The maximum Gasteiger partial charge on any atom is 0.227 e. The molecule has 0 aromatic heterocycles. The fourth-order valence-corrected chi connectivity index (χ4v) is 4.67. The third-order valence-electron chi connectivity index (χ3n) is 6.25. The van der Waals surface area contributed by atoms with Crippen LogP contribution in [-0.4, -0.2) is 42.0 Å². The Morgan fingerprint density at radius 1 is 1.06 bits per heavy atom. The number of rotatable bonds is 7. The van der Waals surface area contributed by atoms with E-state index < -0.39 is 0 Å². The van der Waals surface area contributed by atoms with E-state index in [-0.39, 0.29) is 29.9 Å². The predicted molar refractivity (Wildman–Crippen MR) is 125 cm³/mol. The lowest BCUT2D eigenvalue weighted by Crippen LogP contribution is -2.44. The van der Waals surface area contributed by atoms with Gasteiger partial charge in [-0.25, -0.2) is 0 Å². The molecular weight excluding hydrogens is 402 g/mol. The number of benzene rings is 2. The van der Waals surface area contributed by atoms with E-state index in [9.17, 15) is 9.59 Å². The first-order valence-electron chi connectivity index (χ1n) is 11.6. The molecule has 3 atom stereocenters. The van der Waals surface area contributed by atoms with Crippen LogP contribution in [-0.2, 0) is 33.8 Å². The Bertz CT molecular complexity index is 934. The molecule has 2 aromatic rings. The number of ether oxygens (including phenoxy) is 1. The topological polar surface area (TPSA) is 70.7 Å². The van der Waals surface area contributed by atoms with Gasteiger partial charge in [0.1, 0.15) is 0 Å². The number of anilines is 1. The zero-order chi connectivity index (χ0) is 22.5. The van der Waals surface area contributed by atoms with Crippen molar-refractivity contribution in [3.63, 3.8) is 0 Å². The standard InChI is InChI=1S/C26H33N3O3/c1-18-15-29(16-19(2)32-18)17-21-9-7-20(8-10-21)14-27-25(30)12-11-23-13-22-5-3-4-6-24(22)28-26(23)31/h3-10,18-19,23H,11-17H2,1-2H3,(H,27,30)(H,28,31)/t18-,19-,23+/m1/s1. The molecule has 2 heterocycles. The van der Waals surface area contributed by atoms with Gasteiger partial charge in [-0.05, 0) is 49.4 Å². The summed E-state index contributed by atoms with van der Waals surface area (Å²) in [5, 5.41) is 5.94. The van der Waals surface area contributed by atoms with Gasteiger partial charge in [-0.2, -0.15) is 0 Å². The first-order valence-corrected chi connectivity index (χ1v) is 11.6. The smallest absolute Gasteiger partial charge is 0.227 e. The van der Waals surface area contributed by atoms with Crippen LogP contribution in [0.5, 0.6) is 0 Å². The summed E-state index contributed by atoms with van der Waals surface area (Å²) in [5.41, 5.74) is 4.37. The molecule has 0 spiro atoms. The van der Waals surface area contributed by atoms with Crippen molar-refractivity contribution in [2.75, 3.05) is 18.4 Å². The normalized spacial score (nSPS) is 23.3. The maximum atomic E-state index is 12.3. The van der Waals surface area contributed by atoms with Gasteiger partial charge >= 0.3 is 0 Å². The number of hydrogen-bond donors (Lipinski definition) is 2. The summed E-state index contributed by atoms with van der Waals surface area (Å²) >= 11 is 0. The van der Waals surface area contributed by atoms with Gasteiger partial charge in [0.25, 0.3) is 0 Å². The SMILES string of the molecule is C[C@@H]1CN(Cc2ccc(CNC(=O)CC[C@H]3Cc4ccccc4NC3=O)cc2)C[C@@H](C)O1. The van der Waals surface area contributed by atoms with E-state index in [1.807, 2.05) is 24.3 Å². The highest BCUT2D eigenvalue weighted by Crippen LogP contribution is 2.27. The van der Waals surface area contributed by atoms with Crippen LogP contribution in [0.25, 0.3) is 0 Å². The molecule has 4 rings (SSSR count). The summed E-state index contributed by atoms with van der Waals surface area (Å²) in [5.74, 6) is -0.159. The van der Waals surface area contributed by atoms with Crippen molar-refractivity contribution in [3.05, 3.63) is 65.2 Å². The van der Waals surface area contributed by atoms with E-state index in [0.29, 0.717) is 25.8 Å². The molecule has 6 heteroatoms. The predicted octanol–water partition coefficient (Wildman–Crippen LogP) is 3.50. The van der Waals surface area contributed by atoms with Crippen LogP contribution in [0, 0.1) is 5.92 Å². The van der Waals surface area contributed by atoms with Crippen molar-refractivity contribution in [2.24, 2.45) is 5.92 Å². The van der Waals surface area contributed by atoms with Crippen molar-refractivity contribution >= 4 is 17.5 Å². The van der Waals surface area contributed by atoms with Crippen LogP contribution in [0.4, 0.5) is 5.69 Å². The minimum Gasteiger partial charge on any atom is -0.373 e. The highest BCUT2D eigenvalue weighted by atomic mass is 16.5. The molecule has 1 saturated heterocycles. The van der Waals surface area contributed by atoms with Crippen LogP contribution >= 0.6 is 0 Å². The number of carbonyl (C=O) groups excluding carboxylic acids is 2. The van der Waals surface area contributed by atoms with Gasteiger partial charge in [0.2, 0.25) is 11.8 Å². The number of para-hydroxylation sites is 1. The Morgan fingerprint density at radius 2 is 1.75 bits per heavy atom. The van der Waals surface area contributed by atoms with Crippen LogP contribution in [0.1, 0.15) is 43.4 Å². The second kappa shape index (κ2) is 10.3. The number of nitrogens with one attached hydrogen (secondary N) is 2. The Morgan fingerprint density at radius 3 is 2.50 bits per heavy atom. The zero-order valence-electron chi connectivity index (χ0n) is 19.0. The summed E-state index contributed by atoms with van der Waals surface area (Å²) < 4.78 is 5.80. The molecule has 0 saturated carbocycles. The Labute approximate surface area is 190 Å². The molecular formula is C26H33N3O3. The van der Waals surface area contributed by atoms with Crippen LogP contribution in [0.2, 0.25) is 0 Å². The van der Waals surface area contributed by atoms with E-state index >= 15 is 0 Å². The maximum absolute atomic E-state index is 12.3. The molecule has 2 N–H and O–H groups in total. The average molecular weight is 436 g/mol. The van der Waals surface area contributed by atoms with Crippen molar-refractivity contribution in [3.8, 4) is 0 Å². The molecule has 1 fully saturated rings. The largest absolute Gasteiger partial charge is 0.373 e. The molecule has 6 nitrogen and oxygen atoms in total. The number of nitrogens with zero attached hydrogens (tertiary/aromatic N) is 1. The van der Waals surface area contributed by atoms with Gasteiger partial charge in [0.15, 0.2) is 0 Å². The highest BCUT2D eigenvalue weighted by molar-refractivity contribution is 5.96. The molecule has 32 heavy (non-hydrogen) atoms. The van der Waals surface area contributed by atoms with Gasteiger partial charge < -0.3 is 15.4 Å². The number of carbonyl (C=O) groups is 2. The minimum absolute atomic E-state index is 0.0103. The Hall–Kier alpha value is -2.70. The van der Waals surface area contributed by atoms with Crippen molar-refractivity contribution in [2.45, 2.75) is 58.4 Å². The molecule has 170 valence electrons. The molecule has 0 bridgehead atoms. The van der Waals surface area contributed by atoms with E-state index in [0.717, 1.165) is 36.4 Å². The monoisotopic (exact) mass is 435 g/mol. The van der Waals surface area contributed by atoms with Crippen LogP contribution in [0.3, 0.4) is 0 Å². The lowest BCUT2D eigenvalue weighted by Gasteiger charge is -2.35. The molecule has 0 unspecified atom stereocenters. The van der Waals surface area contributed by atoms with E-state index in [1.54, 1.807) is 0 Å². The summed E-state index contributed by atoms with van der Waals surface area (Å²) in [4.78, 5) is 27.1. The fraction of sp³-hybridized carbons (Fsp3) is 0.462. The summed E-state index contributed by atoms with van der Waals surface area (Å²) in [6.45, 7) is 7.56. The van der Waals surface area contributed by atoms with Crippen LogP contribution in [0.15, 0.2) is 48.5 Å². The van der Waals surface area contributed by atoms with Crippen molar-refractivity contribution in [1.82, 2.24) is 10.2 Å². The summed E-state index contributed by atoms with van der Waals surface area (Å²) in [6.07, 6.45) is 2.13. The summed E-state index contributed by atoms with van der Waals surface area (Å²) in [6, 6.07) is 16.3. The lowest BCUT2D eigenvalue weighted by atomic mass is 9.89. The molecule has 2 aliphatic rings. The number of hydrogen-bond acceptors (Lipinski definition) is 4. The Kier molecular flexibility index (Phi) is 7.22. The molecule has 2 aliphatic heterocycles. The first kappa shape index (κ1) is 22.5. The lowest BCUT2D eigenvalue weighted by molar-refractivity contribution is -0.123. The van der Waals surface area contributed by atoms with Gasteiger partial charge in [0.05, 0.1) is 12.2 Å². The van der Waals surface area contributed by atoms with E-state index in [4.69, 9.17) is 4.74 Å². The number of fused-ring (bicyclic) bond motifs is 1. The van der Waals surface area contributed by atoms with Gasteiger partial charge in [-0.1, -0.05) is 42.5 Å². The van der Waals surface area contributed by atoms with Crippen molar-refractivity contribution in [1.29, 1.82) is 0 Å². The Balaban J connectivity index is 1.20. The third kappa shape index (κ3) is 5.96. The minimum atomic E-state index is -0.152. The van der Waals surface area contributed by atoms with E-state index in [2.05, 4.69) is 53.6 Å². The first-order chi connectivity index (χ1) is 15.5. The second-order valence-corrected chi connectivity index (χ2v) is 9.13. The molecule has 0 radical (unpaired) electrons. The van der Waals surface area contributed by atoms with E-state index in [1.165, 1.54) is 5.56 Å². The quantitative estimate of drug-likeness (QED) is 0.698. The number of morpholine rings is 1. The number of amides is 2. The fourth-order valence-electron chi connectivity index (χ4n) is 4.67. The second-order valence-electron chi connectivity index (χ2n) is 9.13. The van der Waals surface area contributed by atoms with Gasteiger partial charge in [0, 0.05) is 44.2 Å². The highest BCUT2D eigenvalue weighted by Gasteiger charge is 2.26. The van der Waals surface area contributed by atoms with Gasteiger partial charge in [-0.3, -0.25) is 14.5 Å². The van der Waals surface area contributed by atoms with Crippen molar-refractivity contribution < 1.29 is 14.3 Å². The summed E-state index contributed by atoms with van der Waals surface area (Å²) in [7, 11) is 0. The third-order valence-corrected chi connectivity index (χ3v) is 6.25. The van der Waals surface area contributed by atoms with Crippen LogP contribution < -0.4 is 10.6 Å².